The van der Waals surface area contributed by atoms with Crippen molar-refractivity contribution >= 4 is 45.6 Å². The molecule has 1 aliphatic heterocycles. The number of aliphatic hydroxyl groups excluding tert-OH is 1. The van der Waals surface area contributed by atoms with Crippen molar-refractivity contribution in [3.8, 4) is 0 Å². The number of aliphatic hydroxyl groups is 1. The van der Waals surface area contributed by atoms with Crippen LogP contribution in [0.3, 0.4) is 0 Å². The molecule has 3 aromatic carbocycles. The van der Waals surface area contributed by atoms with Gasteiger partial charge in [0, 0.05) is 28.4 Å². The molecule has 5 rings (SSSR count). The first-order valence-corrected chi connectivity index (χ1v) is 11.2. The van der Waals surface area contributed by atoms with E-state index in [-0.39, 0.29) is 22.0 Å². The molecule has 1 unspecified atom stereocenters. The van der Waals surface area contributed by atoms with Crippen LogP contribution >= 0.6 is 11.6 Å². The lowest BCUT2D eigenvalue weighted by molar-refractivity contribution is -0.132. The molecule has 1 amide bonds. The number of amides is 1. The Morgan fingerprint density at radius 1 is 1.09 bits per heavy atom. The van der Waals surface area contributed by atoms with Gasteiger partial charge in [-0.15, -0.1) is 0 Å². The predicted octanol–water partition coefficient (Wildman–Crippen LogP) is 6.15. The fraction of sp³-hybridized carbons (Fsp3) is 0.111. The molecule has 34 heavy (non-hydrogen) atoms. The maximum Gasteiger partial charge on any atom is 0.300 e. The third-order valence-electron chi connectivity index (χ3n) is 6.17. The molecule has 7 heteroatoms. The molecule has 1 atom stereocenters. The minimum Gasteiger partial charge on any atom is -0.507 e. The van der Waals surface area contributed by atoms with Gasteiger partial charge < -0.3 is 10.1 Å². The maximum atomic E-state index is 13.8. The Bertz CT molecular complexity index is 1470. The Balaban J connectivity index is 1.75. The third kappa shape index (κ3) is 3.47. The first-order chi connectivity index (χ1) is 16.4. The Morgan fingerprint density at radius 3 is 2.53 bits per heavy atom. The van der Waals surface area contributed by atoms with Crippen molar-refractivity contribution < 1.29 is 19.1 Å². The minimum atomic E-state index is -0.916. The monoisotopic (exact) mass is 474 g/mol. The molecule has 4 aromatic rings. The van der Waals surface area contributed by atoms with Crippen molar-refractivity contribution in [2.45, 2.75) is 19.4 Å². The number of fused-ring (bicyclic) bond motifs is 1. The summed E-state index contributed by atoms with van der Waals surface area (Å²) in [4.78, 5) is 30.9. The third-order valence-corrected chi connectivity index (χ3v) is 6.46. The van der Waals surface area contributed by atoms with Gasteiger partial charge in [0.05, 0.1) is 16.6 Å². The van der Waals surface area contributed by atoms with E-state index < -0.39 is 23.5 Å². The van der Waals surface area contributed by atoms with Gasteiger partial charge in [0.1, 0.15) is 11.6 Å². The number of nitrogens with one attached hydrogen (secondary N) is 1. The number of aromatic nitrogens is 1. The number of ketones is 1. The first-order valence-electron chi connectivity index (χ1n) is 10.8. The second kappa shape index (κ2) is 8.47. The SMILES string of the molecule is CCc1ccc(C2/C(=C(/O)c3c[nH]c4ccccc34)C(=O)C(=O)N2c2ccc(F)c(Cl)c2)cc1. The summed E-state index contributed by atoms with van der Waals surface area (Å²) >= 11 is 5.99. The molecular weight excluding hydrogens is 455 g/mol. The lowest BCUT2D eigenvalue weighted by Crippen LogP contribution is -2.29. The van der Waals surface area contributed by atoms with E-state index in [0.29, 0.717) is 11.1 Å². The summed E-state index contributed by atoms with van der Waals surface area (Å²) in [7, 11) is 0. The number of rotatable bonds is 4. The van der Waals surface area contributed by atoms with E-state index in [9.17, 15) is 19.1 Å². The van der Waals surface area contributed by atoms with Crippen LogP contribution in [0, 0.1) is 5.82 Å². The molecule has 2 N–H and O–H groups in total. The summed E-state index contributed by atoms with van der Waals surface area (Å²) in [6, 6.07) is 17.8. The maximum absolute atomic E-state index is 13.8. The van der Waals surface area contributed by atoms with E-state index in [1.807, 2.05) is 55.5 Å². The molecule has 1 saturated heterocycles. The topological polar surface area (TPSA) is 73.4 Å². The number of H-pyrrole nitrogens is 1. The van der Waals surface area contributed by atoms with Gasteiger partial charge in [-0.2, -0.15) is 0 Å². The van der Waals surface area contributed by atoms with E-state index in [2.05, 4.69) is 4.98 Å². The van der Waals surface area contributed by atoms with E-state index >= 15 is 0 Å². The average molecular weight is 475 g/mol. The summed E-state index contributed by atoms with van der Waals surface area (Å²) < 4.78 is 13.8. The van der Waals surface area contributed by atoms with Gasteiger partial charge in [0.15, 0.2) is 0 Å². The van der Waals surface area contributed by atoms with Gasteiger partial charge in [0.25, 0.3) is 11.7 Å². The van der Waals surface area contributed by atoms with Gasteiger partial charge in [-0.3, -0.25) is 14.5 Å². The van der Waals surface area contributed by atoms with Crippen molar-refractivity contribution in [1.82, 2.24) is 4.98 Å². The highest BCUT2D eigenvalue weighted by molar-refractivity contribution is 6.52. The largest absolute Gasteiger partial charge is 0.507 e. The van der Waals surface area contributed by atoms with Crippen LogP contribution in [0.1, 0.15) is 29.7 Å². The van der Waals surface area contributed by atoms with Crippen LogP contribution in [0.4, 0.5) is 10.1 Å². The Hall–Kier alpha value is -3.90. The second-order valence-corrected chi connectivity index (χ2v) is 8.52. The predicted molar refractivity (Wildman–Crippen MR) is 130 cm³/mol. The normalized spacial score (nSPS) is 17.6. The lowest BCUT2D eigenvalue weighted by Gasteiger charge is -2.25. The van der Waals surface area contributed by atoms with Crippen molar-refractivity contribution in [2.24, 2.45) is 0 Å². The number of carbonyl (C=O) groups excluding carboxylic acids is 2. The molecule has 0 saturated carbocycles. The van der Waals surface area contributed by atoms with Gasteiger partial charge in [0.2, 0.25) is 0 Å². The fourth-order valence-electron chi connectivity index (χ4n) is 4.40. The Labute approximate surface area is 200 Å². The number of nitrogens with zero attached hydrogens (tertiary/aromatic N) is 1. The number of aromatic amines is 1. The van der Waals surface area contributed by atoms with Gasteiger partial charge in [-0.05, 0) is 41.8 Å². The second-order valence-electron chi connectivity index (χ2n) is 8.11. The number of para-hydroxylation sites is 1. The number of halogens is 2. The van der Waals surface area contributed by atoms with Crippen LogP contribution in [0.25, 0.3) is 16.7 Å². The lowest BCUT2D eigenvalue weighted by atomic mass is 9.94. The smallest absolute Gasteiger partial charge is 0.300 e. The highest BCUT2D eigenvalue weighted by Gasteiger charge is 2.47. The number of benzene rings is 3. The van der Waals surface area contributed by atoms with E-state index in [1.54, 1.807) is 6.20 Å². The number of Topliss-reactive ketones (excluding diaryl/α,β-unsaturated/α-hetero) is 1. The molecule has 0 aliphatic carbocycles. The summed E-state index contributed by atoms with van der Waals surface area (Å²) in [6.45, 7) is 2.03. The summed E-state index contributed by atoms with van der Waals surface area (Å²) in [5.74, 6) is -2.57. The number of hydrogen-bond donors (Lipinski definition) is 2. The molecule has 1 aromatic heterocycles. The molecule has 0 radical (unpaired) electrons. The van der Waals surface area contributed by atoms with Gasteiger partial charge in [-0.25, -0.2) is 4.39 Å². The van der Waals surface area contributed by atoms with E-state index in [4.69, 9.17) is 11.6 Å². The molecule has 2 heterocycles. The minimum absolute atomic E-state index is 0.0422. The molecule has 1 fully saturated rings. The van der Waals surface area contributed by atoms with Crippen molar-refractivity contribution in [3.63, 3.8) is 0 Å². The summed E-state index contributed by atoms with van der Waals surface area (Å²) in [5.41, 5.74) is 3.14. The molecule has 170 valence electrons. The van der Waals surface area contributed by atoms with Crippen LogP contribution in [0.15, 0.2) is 78.5 Å². The van der Waals surface area contributed by atoms with Crippen molar-refractivity contribution in [2.75, 3.05) is 4.90 Å². The van der Waals surface area contributed by atoms with Gasteiger partial charge in [-0.1, -0.05) is 61.0 Å². The van der Waals surface area contributed by atoms with Crippen LogP contribution in [-0.2, 0) is 16.0 Å². The van der Waals surface area contributed by atoms with Gasteiger partial charge >= 0.3 is 0 Å². The first kappa shape index (κ1) is 21.9. The molecular formula is C27H20ClFN2O3. The summed E-state index contributed by atoms with van der Waals surface area (Å²) in [5, 5.41) is 11.9. The fourth-order valence-corrected chi connectivity index (χ4v) is 4.57. The summed E-state index contributed by atoms with van der Waals surface area (Å²) in [6.07, 6.45) is 2.43. The van der Waals surface area contributed by atoms with Crippen LogP contribution in [-0.4, -0.2) is 21.8 Å². The zero-order chi connectivity index (χ0) is 24.0. The van der Waals surface area contributed by atoms with Crippen molar-refractivity contribution in [3.05, 3.63) is 106 Å². The molecule has 1 aliphatic rings. The highest BCUT2D eigenvalue weighted by Crippen LogP contribution is 2.43. The van der Waals surface area contributed by atoms with Crippen molar-refractivity contribution in [1.29, 1.82) is 0 Å². The zero-order valence-corrected chi connectivity index (χ0v) is 18.9. The molecule has 5 nitrogen and oxygen atoms in total. The quantitative estimate of drug-likeness (QED) is 0.212. The number of carbonyl (C=O) groups is 2. The number of aryl methyl sites for hydroxylation is 1. The zero-order valence-electron chi connectivity index (χ0n) is 18.2. The van der Waals surface area contributed by atoms with Crippen LogP contribution in [0.2, 0.25) is 5.02 Å². The highest BCUT2D eigenvalue weighted by atomic mass is 35.5. The van der Waals surface area contributed by atoms with Crippen LogP contribution < -0.4 is 4.90 Å². The number of anilines is 1. The number of hydrogen-bond acceptors (Lipinski definition) is 3. The van der Waals surface area contributed by atoms with E-state index in [1.165, 1.54) is 17.0 Å². The average Bonchev–Trinajstić information content (AvgIpc) is 3.40. The van der Waals surface area contributed by atoms with Crippen LogP contribution in [0.5, 0.6) is 0 Å². The molecule has 0 bridgehead atoms. The Kier molecular flexibility index (Phi) is 5.46. The standard InChI is InChI=1S/C27H20ClFN2O3/c1-2-15-7-9-16(10-8-15)24-23(25(32)19-14-30-22-6-4-3-5-18(19)22)26(33)27(34)31(24)17-11-12-21(29)20(28)13-17/h3-14,24,30,32H,2H2,1H3/b25-23-. The molecule has 0 spiro atoms. The van der Waals surface area contributed by atoms with E-state index in [0.717, 1.165) is 29.0 Å². The Morgan fingerprint density at radius 2 is 1.82 bits per heavy atom.